The van der Waals surface area contributed by atoms with Crippen molar-refractivity contribution in [1.82, 2.24) is 14.3 Å². The van der Waals surface area contributed by atoms with Crippen molar-refractivity contribution in [3.05, 3.63) is 82.6 Å². The number of sulfonamides is 1. The Balaban J connectivity index is 1.47. The maximum absolute atomic E-state index is 13.7. The van der Waals surface area contributed by atoms with Gasteiger partial charge in [0, 0.05) is 29.3 Å². The van der Waals surface area contributed by atoms with Crippen molar-refractivity contribution in [3.8, 4) is 0 Å². The number of fused-ring (bicyclic) bond motifs is 1. The lowest BCUT2D eigenvalue weighted by Crippen LogP contribution is -2.35. The Kier molecular flexibility index (Phi) is 6.97. The number of hydrogen-bond acceptors (Lipinski definition) is 6. The molecule has 1 saturated heterocycles. The second kappa shape index (κ2) is 10.1. The van der Waals surface area contributed by atoms with Gasteiger partial charge in [0.25, 0.3) is 5.91 Å². The lowest BCUT2D eigenvalue weighted by molar-refractivity contribution is 0.0984. The third-order valence-corrected chi connectivity index (χ3v) is 9.36. The highest BCUT2D eigenvalue weighted by molar-refractivity contribution is 9.10. The highest BCUT2D eigenvalue weighted by Crippen LogP contribution is 2.32. The molecule has 180 valence electrons. The first-order valence-electron chi connectivity index (χ1n) is 11.3. The molecule has 5 rings (SSSR count). The lowest BCUT2D eigenvalue weighted by Gasteiger charge is -2.26. The molecule has 1 aliphatic heterocycles. The molecule has 0 spiro atoms. The van der Waals surface area contributed by atoms with E-state index in [0.717, 1.165) is 39.6 Å². The van der Waals surface area contributed by atoms with Crippen LogP contribution in [-0.4, -0.2) is 41.7 Å². The predicted molar refractivity (Wildman–Crippen MR) is 141 cm³/mol. The normalized spacial score (nSPS) is 14.8. The molecule has 35 heavy (non-hydrogen) atoms. The zero-order valence-corrected chi connectivity index (χ0v) is 22.0. The number of rotatable bonds is 6. The van der Waals surface area contributed by atoms with Gasteiger partial charge in [0.15, 0.2) is 5.13 Å². The number of benzene rings is 2. The number of nitrogens with zero attached hydrogens (tertiary/aromatic N) is 4. The first-order chi connectivity index (χ1) is 16.9. The quantitative estimate of drug-likeness (QED) is 0.306. The Labute approximate surface area is 216 Å². The number of pyridine rings is 1. The fraction of sp³-hybridized carbons (Fsp3) is 0.240. The van der Waals surface area contributed by atoms with Crippen LogP contribution in [0.4, 0.5) is 5.13 Å². The molecular formula is C25H23BrN4O3S2. The molecule has 7 nitrogen and oxygen atoms in total. The second-order valence-electron chi connectivity index (χ2n) is 8.31. The molecular weight excluding hydrogens is 548 g/mol. The largest absolute Gasteiger partial charge is 0.278 e. The number of aromatic nitrogens is 2. The number of carbonyl (C=O) groups is 1. The smallest absolute Gasteiger partial charge is 0.260 e. The molecule has 0 saturated carbocycles. The Hall–Kier alpha value is -2.66. The molecule has 0 N–H and O–H groups in total. The zero-order chi connectivity index (χ0) is 24.4. The molecule has 0 unspecified atom stereocenters. The molecule has 10 heteroatoms. The fourth-order valence-corrected chi connectivity index (χ4v) is 7.09. The SMILES string of the molecule is O=C(c1ccc(S(=O)(=O)N2CCCCC2)cc1)N(Cc1ccccn1)c1nc2ccc(Br)cc2s1. The first-order valence-corrected chi connectivity index (χ1v) is 14.3. The molecule has 1 amide bonds. The fourth-order valence-electron chi connectivity index (χ4n) is 4.06. The van der Waals surface area contributed by atoms with Crippen molar-refractivity contribution in [1.29, 1.82) is 0 Å². The van der Waals surface area contributed by atoms with Crippen LogP contribution in [0.3, 0.4) is 0 Å². The minimum atomic E-state index is -3.56. The minimum absolute atomic E-state index is 0.206. The van der Waals surface area contributed by atoms with Gasteiger partial charge in [-0.3, -0.25) is 14.7 Å². The molecule has 4 aromatic rings. The van der Waals surface area contributed by atoms with Gasteiger partial charge in [0.1, 0.15) is 0 Å². The topological polar surface area (TPSA) is 83.5 Å². The van der Waals surface area contributed by atoms with Crippen LogP contribution >= 0.6 is 27.3 Å². The second-order valence-corrected chi connectivity index (χ2v) is 12.2. The minimum Gasteiger partial charge on any atom is -0.278 e. The summed E-state index contributed by atoms with van der Waals surface area (Å²) < 4.78 is 29.4. The van der Waals surface area contributed by atoms with Crippen LogP contribution in [0.2, 0.25) is 0 Å². The Morgan fingerprint density at radius 2 is 1.80 bits per heavy atom. The van der Waals surface area contributed by atoms with Crippen molar-refractivity contribution in [2.45, 2.75) is 30.7 Å². The molecule has 2 aromatic heterocycles. The van der Waals surface area contributed by atoms with E-state index in [1.54, 1.807) is 23.2 Å². The summed E-state index contributed by atoms with van der Waals surface area (Å²) in [6, 6.07) is 17.5. The number of anilines is 1. The predicted octanol–water partition coefficient (Wildman–Crippen LogP) is 5.48. The van der Waals surface area contributed by atoms with E-state index in [0.29, 0.717) is 23.8 Å². The molecule has 0 atom stereocenters. The summed E-state index contributed by atoms with van der Waals surface area (Å²) in [5.41, 5.74) is 1.92. The van der Waals surface area contributed by atoms with E-state index in [1.165, 1.54) is 27.8 Å². The number of halogens is 1. The molecule has 0 radical (unpaired) electrons. The van der Waals surface area contributed by atoms with Crippen LogP contribution in [-0.2, 0) is 16.6 Å². The summed E-state index contributed by atoms with van der Waals surface area (Å²) in [5.74, 6) is -0.268. The number of amides is 1. The van der Waals surface area contributed by atoms with Crippen molar-refractivity contribution in [2.75, 3.05) is 18.0 Å². The highest BCUT2D eigenvalue weighted by atomic mass is 79.9. The van der Waals surface area contributed by atoms with Crippen LogP contribution in [0.15, 0.2) is 76.2 Å². The van der Waals surface area contributed by atoms with Gasteiger partial charge in [0.2, 0.25) is 10.0 Å². The van der Waals surface area contributed by atoms with Crippen molar-refractivity contribution >= 4 is 58.5 Å². The number of piperidine rings is 1. The third kappa shape index (κ3) is 5.16. The molecule has 2 aromatic carbocycles. The van der Waals surface area contributed by atoms with Crippen LogP contribution in [0, 0.1) is 0 Å². The summed E-state index contributed by atoms with van der Waals surface area (Å²) in [4.78, 5) is 24.5. The van der Waals surface area contributed by atoms with Crippen molar-refractivity contribution in [2.24, 2.45) is 0 Å². The van der Waals surface area contributed by atoms with Gasteiger partial charge in [-0.2, -0.15) is 4.31 Å². The van der Waals surface area contributed by atoms with Crippen LogP contribution in [0.1, 0.15) is 35.3 Å². The highest BCUT2D eigenvalue weighted by Gasteiger charge is 2.27. The standard InChI is InChI=1S/C25H23BrN4O3S2/c26-19-9-12-22-23(16-19)34-25(28-22)30(17-20-6-2-3-13-27-20)24(31)18-7-10-21(11-8-18)35(32,33)29-14-4-1-5-15-29/h2-3,6-13,16H,1,4-5,14-15,17H2. The average molecular weight is 572 g/mol. The van der Waals surface area contributed by atoms with Crippen LogP contribution in [0.5, 0.6) is 0 Å². The van der Waals surface area contributed by atoms with E-state index in [4.69, 9.17) is 0 Å². The van der Waals surface area contributed by atoms with E-state index >= 15 is 0 Å². The molecule has 0 aliphatic carbocycles. The van der Waals surface area contributed by atoms with Gasteiger partial charge in [-0.25, -0.2) is 13.4 Å². The van der Waals surface area contributed by atoms with E-state index in [-0.39, 0.29) is 17.3 Å². The van der Waals surface area contributed by atoms with Crippen molar-refractivity contribution < 1.29 is 13.2 Å². The molecule has 1 aliphatic rings. The summed E-state index contributed by atoms with van der Waals surface area (Å²) in [6.07, 6.45) is 4.48. The van der Waals surface area contributed by atoms with E-state index < -0.39 is 10.0 Å². The van der Waals surface area contributed by atoms with Gasteiger partial charge in [-0.05, 0) is 67.4 Å². The Bertz CT molecular complexity index is 1450. The zero-order valence-electron chi connectivity index (χ0n) is 18.8. The van der Waals surface area contributed by atoms with E-state index in [2.05, 4.69) is 25.9 Å². The van der Waals surface area contributed by atoms with Gasteiger partial charge in [-0.15, -0.1) is 0 Å². The molecule has 0 bridgehead atoms. The number of carbonyl (C=O) groups excluding carboxylic acids is 1. The summed E-state index contributed by atoms with van der Waals surface area (Å²) in [6.45, 7) is 1.32. The average Bonchev–Trinajstić information content (AvgIpc) is 3.31. The van der Waals surface area contributed by atoms with Crippen LogP contribution < -0.4 is 4.90 Å². The maximum Gasteiger partial charge on any atom is 0.260 e. The van der Waals surface area contributed by atoms with E-state index in [1.807, 2.05) is 36.4 Å². The summed E-state index contributed by atoms with van der Waals surface area (Å²) >= 11 is 4.91. The first kappa shape index (κ1) is 24.1. The van der Waals surface area contributed by atoms with Gasteiger partial charge < -0.3 is 0 Å². The van der Waals surface area contributed by atoms with Gasteiger partial charge >= 0.3 is 0 Å². The van der Waals surface area contributed by atoms with Crippen LogP contribution in [0.25, 0.3) is 10.2 Å². The van der Waals surface area contributed by atoms with Gasteiger partial charge in [-0.1, -0.05) is 39.8 Å². The van der Waals surface area contributed by atoms with E-state index in [9.17, 15) is 13.2 Å². The molecule has 3 heterocycles. The Morgan fingerprint density at radius 3 is 2.51 bits per heavy atom. The van der Waals surface area contributed by atoms with Gasteiger partial charge in [0.05, 0.1) is 27.4 Å². The summed E-state index contributed by atoms with van der Waals surface area (Å²) in [7, 11) is -3.56. The third-order valence-electron chi connectivity index (χ3n) is 5.92. The maximum atomic E-state index is 13.7. The number of hydrogen-bond donors (Lipinski definition) is 0. The Morgan fingerprint density at radius 1 is 1.03 bits per heavy atom. The van der Waals surface area contributed by atoms with Crippen molar-refractivity contribution in [3.63, 3.8) is 0 Å². The monoisotopic (exact) mass is 570 g/mol. The molecule has 1 fully saturated rings. The summed E-state index contributed by atoms with van der Waals surface area (Å²) in [5, 5.41) is 0.554. The number of thiazole rings is 1. The lowest BCUT2D eigenvalue weighted by atomic mass is 10.2.